The summed E-state index contributed by atoms with van der Waals surface area (Å²) in [6.07, 6.45) is 7.68. The first-order valence-corrected chi connectivity index (χ1v) is 10.8. The van der Waals surface area contributed by atoms with E-state index in [0.29, 0.717) is 23.7 Å². The minimum absolute atomic E-state index is 0.000245. The highest BCUT2D eigenvalue weighted by Crippen LogP contribution is 2.66. The Morgan fingerprint density at radius 1 is 0.885 bits per heavy atom. The summed E-state index contributed by atoms with van der Waals surface area (Å²) in [4.78, 5) is 0. The Morgan fingerprint density at radius 2 is 1.54 bits per heavy atom. The first-order chi connectivity index (χ1) is 12.0. The lowest BCUT2D eigenvalue weighted by molar-refractivity contribution is -0.266. The zero-order valence-electron chi connectivity index (χ0n) is 16.9. The van der Waals surface area contributed by atoms with Crippen molar-refractivity contribution in [1.82, 2.24) is 0 Å². The SMILES string of the molecule is CC(C)(O)OC1CC2CC(O)CCC2(C)C2CCC3(C)C(O)CCC3C12. The Hall–Kier alpha value is -0.160. The molecule has 0 saturated heterocycles. The number of aliphatic hydroxyl groups is 3. The van der Waals surface area contributed by atoms with Gasteiger partial charge in [-0.3, -0.25) is 0 Å². The molecule has 4 aliphatic rings. The standard InChI is InChI=1S/C22H38O4/c1-20(2,25)26-17-12-13-11-14(23)7-9-21(13,3)16-8-10-22(4)15(19(16)17)5-6-18(22)24/h13-19,23-25H,5-12H2,1-4H3. The zero-order chi connectivity index (χ0) is 18.9. The van der Waals surface area contributed by atoms with Gasteiger partial charge < -0.3 is 20.1 Å². The molecule has 150 valence electrons. The average molecular weight is 367 g/mol. The van der Waals surface area contributed by atoms with Crippen LogP contribution < -0.4 is 0 Å². The van der Waals surface area contributed by atoms with Gasteiger partial charge in [0.1, 0.15) is 0 Å². The lowest BCUT2D eigenvalue weighted by atomic mass is 9.44. The predicted molar refractivity (Wildman–Crippen MR) is 100 cm³/mol. The predicted octanol–water partition coefficient (Wildman–Crippen LogP) is 3.47. The van der Waals surface area contributed by atoms with Crippen molar-refractivity contribution >= 4 is 0 Å². The molecule has 4 fully saturated rings. The fourth-order valence-electron chi connectivity index (χ4n) is 7.64. The van der Waals surface area contributed by atoms with Gasteiger partial charge in [-0.05, 0) is 99.7 Å². The van der Waals surface area contributed by atoms with Crippen LogP contribution in [0.2, 0.25) is 0 Å². The van der Waals surface area contributed by atoms with E-state index in [4.69, 9.17) is 4.74 Å². The minimum Gasteiger partial charge on any atom is -0.393 e. The van der Waals surface area contributed by atoms with Gasteiger partial charge in [-0.15, -0.1) is 0 Å². The fraction of sp³-hybridized carbons (Fsp3) is 1.00. The molecule has 0 heterocycles. The van der Waals surface area contributed by atoms with Crippen LogP contribution in [0.5, 0.6) is 0 Å². The lowest BCUT2D eigenvalue weighted by Crippen LogP contribution is -2.60. The van der Waals surface area contributed by atoms with Crippen molar-refractivity contribution in [1.29, 1.82) is 0 Å². The van der Waals surface area contributed by atoms with E-state index in [1.54, 1.807) is 13.8 Å². The Balaban J connectivity index is 1.70. The van der Waals surface area contributed by atoms with Crippen LogP contribution in [-0.4, -0.2) is 39.4 Å². The number of aliphatic hydroxyl groups excluding tert-OH is 2. The average Bonchev–Trinajstić information content (AvgIpc) is 2.83. The lowest BCUT2D eigenvalue weighted by Gasteiger charge is -2.63. The first kappa shape index (κ1) is 19.2. The summed E-state index contributed by atoms with van der Waals surface area (Å²) >= 11 is 0. The molecule has 4 saturated carbocycles. The second-order valence-corrected chi connectivity index (χ2v) is 10.9. The van der Waals surface area contributed by atoms with Crippen LogP contribution in [0.15, 0.2) is 0 Å². The molecular formula is C22H38O4. The molecule has 9 atom stereocenters. The summed E-state index contributed by atoms with van der Waals surface area (Å²) in [7, 11) is 0. The third-order valence-electron chi connectivity index (χ3n) is 9.02. The quantitative estimate of drug-likeness (QED) is 0.655. The Morgan fingerprint density at radius 3 is 2.23 bits per heavy atom. The molecule has 4 heteroatoms. The normalized spacial score (nSPS) is 54.3. The summed E-state index contributed by atoms with van der Waals surface area (Å²) in [6.45, 7) is 8.20. The number of ether oxygens (including phenoxy) is 1. The molecule has 0 aliphatic heterocycles. The topological polar surface area (TPSA) is 69.9 Å². The number of hydrogen-bond acceptors (Lipinski definition) is 4. The van der Waals surface area contributed by atoms with E-state index in [1.165, 1.54) is 0 Å². The molecule has 0 amide bonds. The molecule has 0 aromatic heterocycles. The Kier molecular flexibility index (Phi) is 4.55. The van der Waals surface area contributed by atoms with Gasteiger partial charge in [0, 0.05) is 0 Å². The maximum absolute atomic E-state index is 10.7. The van der Waals surface area contributed by atoms with E-state index >= 15 is 0 Å². The molecule has 0 spiro atoms. The van der Waals surface area contributed by atoms with E-state index < -0.39 is 5.79 Å². The van der Waals surface area contributed by atoms with Gasteiger partial charge in [0.05, 0.1) is 18.3 Å². The molecule has 4 rings (SSSR count). The monoisotopic (exact) mass is 366 g/mol. The van der Waals surface area contributed by atoms with Crippen LogP contribution in [-0.2, 0) is 4.74 Å². The van der Waals surface area contributed by atoms with Crippen LogP contribution in [0, 0.1) is 34.5 Å². The molecule has 0 aromatic carbocycles. The van der Waals surface area contributed by atoms with Crippen LogP contribution in [0.1, 0.15) is 79.1 Å². The van der Waals surface area contributed by atoms with Crippen molar-refractivity contribution in [3.8, 4) is 0 Å². The Bertz CT molecular complexity index is 543. The van der Waals surface area contributed by atoms with E-state index in [9.17, 15) is 15.3 Å². The molecule has 4 aliphatic carbocycles. The van der Waals surface area contributed by atoms with Gasteiger partial charge in [-0.2, -0.15) is 0 Å². The van der Waals surface area contributed by atoms with Crippen molar-refractivity contribution in [3.63, 3.8) is 0 Å². The third-order valence-corrected chi connectivity index (χ3v) is 9.02. The highest BCUT2D eigenvalue weighted by molar-refractivity contribution is 5.12. The summed E-state index contributed by atoms with van der Waals surface area (Å²) < 4.78 is 6.26. The van der Waals surface area contributed by atoms with Gasteiger partial charge >= 0.3 is 0 Å². The first-order valence-electron chi connectivity index (χ1n) is 10.8. The van der Waals surface area contributed by atoms with Crippen LogP contribution in [0.4, 0.5) is 0 Å². The van der Waals surface area contributed by atoms with Crippen LogP contribution >= 0.6 is 0 Å². The van der Waals surface area contributed by atoms with E-state index in [2.05, 4.69) is 13.8 Å². The third kappa shape index (κ3) is 2.87. The summed E-state index contributed by atoms with van der Waals surface area (Å²) in [5.41, 5.74) is 0.262. The highest BCUT2D eigenvalue weighted by Gasteiger charge is 2.63. The number of rotatable bonds is 2. The molecular weight excluding hydrogens is 328 g/mol. The molecule has 3 N–H and O–H groups in total. The van der Waals surface area contributed by atoms with Crippen molar-refractivity contribution < 1.29 is 20.1 Å². The minimum atomic E-state index is -1.14. The van der Waals surface area contributed by atoms with Crippen molar-refractivity contribution in [3.05, 3.63) is 0 Å². The summed E-state index contributed by atoms with van der Waals surface area (Å²) in [5, 5.41) is 31.4. The van der Waals surface area contributed by atoms with Gasteiger partial charge in [0.2, 0.25) is 0 Å². The van der Waals surface area contributed by atoms with Crippen LogP contribution in [0.25, 0.3) is 0 Å². The maximum atomic E-state index is 10.7. The maximum Gasteiger partial charge on any atom is 0.160 e. The van der Waals surface area contributed by atoms with Crippen LogP contribution in [0.3, 0.4) is 0 Å². The van der Waals surface area contributed by atoms with Gasteiger partial charge in [-0.25, -0.2) is 0 Å². The smallest absolute Gasteiger partial charge is 0.160 e. The van der Waals surface area contributed by atoms with Gasteiger partial charge in [0.15, 0.2) is 5.79 Å². The van der Waals surface area contributed by atoms with E-state index in [0.717, 1.165) is 51.4 Å². The molecule has 0 radical (unpaired) electrons. The number of fused-ring (bicyclic) bond motifs is 5. The van der Waals surface area contributed by atoms with Gasteiger partial charge in [-0.1, -0.05) is 13.8 Å². The molecule has 26 heavy (non-hydrogen) atoms. The molecule has 0 aromatic rings. The van der Waals surface area contributed by atoms with Crippen molar-refractivity contribution in [2.24, 2.45) is 34.5 Å². The van der Waals surface area contributed by atoms with Crippen molar-refractivity contribution in [2.45, 2.75) is 103 Å². The van der Waals surface area contributed by atoms with E-state index in [-0.39, 0.29) is 29.1 Å². The second kappa shape index (κ2) is 6.17. The molecule has 4 nitrogen and oxygen atoms in total. The summed E-state index contributed by atoms with van der Waals surface area (Å²) in [6, 6.07) is 0. The molecule has 9 unspecified atom stereocenters. The van der Waals surface area contributed by atoms with Crippen molar-refractivity contribution in [2.75, 3.05) is 0 Å². The summed E-state index contributed by atoms with van der Waals surface area (Å²) in [5.74, 6) is 0.795. The zero-order valence-corrected chi connectivity index (χ0v) is 16.9. The fourth-order valence-corrected chi connectivity index (χ4v) is 7.64. The highest BCUT2D eigenvalue weighted by atomic mass is 16.6. The molecule has 0 bridgehead atoms. The van der Waals surface area contributed by atoms with Gasteiger partial charge in [0.25, 0.3) is 0 Å². The van der Waals surface area contributed by atoms with E-state index in [1.807, 2.05) is 0 Å². The Labute approximate surface area is 158 Å². The number of hydrogen-bond donors (Lipinski definition) is 3. The second-order valence-electron chi connectivity index (χ2n) is 10.9. The largest absolute Gasteiger partial charge is 0.393 e.